The monoisotopic (exact) mass is 409 g/mol. The van der Waals surface area contributed by atoms with Crippen molar-refractivity contribution in [3.05, 3.63) is 56.6 Å². The first-order valence-electron chi connectivity index (χ1n) is 8.94. The van der Waals surface area contributed by atoms with Gasteiger partial charge < -0.3 is 4.74 Å². The molecule has 1 aromatic carbocycles. The van der Waals surface area contributed by atoms with Crippen molar-refractivity contribution in [2.24, 2.45) is 0 Å². The molecule has 2 aromatic heterocycles. The molecule has 0 amide bonds. The van der Waals surface area contributed by atoms with Crippen LogP contribution in [0.2, 0.25) is 0 Å². The molecule has 0 aliphatic carbocycles. The fraction of sp³-hybridized carbons (Fsp3) is 0.227. The molecular formula is C22H19NO3S2. The highest BCUT2D eigenvalue weighted by Crippen LogP contribution is 2.38. The molecule has 3 rings (SSSR count). The summed E-state index contributed by atoms with van der Waals surface area (Å²) in [6.45, 7) is 5.58. The molecular weight excluding hydrogens is 390 g/mol. The maximum Gasteiger partial charge on any atom is 0.348 e. The van der Waals surface area contributed by atoms with E-state index in [1.54, 1.807) is 13.8 Å². The summed E-state index contributed by atoms with van der Waals surface area (Å²) in [4.78, 5) is 27.0. The lowest BCUT2D eigenvalue weighted by Crippen LogP contribution is -2.04. The second-order valence-electron chi connectivity index (χ2n) is 6.09. The fourth-order valence-corrected chi connectivity index (χ4v) is 4.96. The Hall–Kier alpha value is -2.75. The highest BCUT2D eigenvalue weighted by molar-refractivity contribution is 7.17. The molecule has 28 heavy (non-hydrogen) atoms. The van der Waals surface area contributed by atoms with Crippen molar-refractivity contribution in [2.75, 3.05) is 6.61 Å². The highest BCUT2D eigenvalue weighted by atomic mass is 32.1. The first-order valence-corrected chi connectivity index (χ1v) is 10.6. The van der Waals surface area contributed by atoms with E-state index in [1.165, 1.54) is 22.7 Å². The zero-order valence-corrected chi connectivity index (χ0v) is 17.5. The average Bonchev–Trinajstić information content (AvgIpc) is 3.33. The number of carbonyl (C=O) groups excluding carboxylic acids is 2. The molecule has 0 fully saturated rings. The Bertz CT molecular complexity index is 1070. The van der Waals surface area contributed by atoms with Crippen LogP contribution in [0.5, 0.6) is 0 Å². The van der Waals surface area contributed by atoms with Crippen molar-refractivity contribution in [2.45, 2.75) is 27.2 Å². The van der Waals surface area contributed by atoms with Crippen molar-refractivity contribution < 1.29 is 14.3 Å². The van der Waals surface area contributed by atoms with Gasteiger partial charge in [-0.25, -0.2) is 4.79 Å². The van der Waals surface area contributed by atoms with E-state index >= 15 is 0 Å². The van der Waals surface area contributed by atoms with Gasteiger partial charge in [0.1, 0.15) is 10.9 Å². The summed E-state index contributed by atoms with van der Waals surface area (Å²) in [6.07, 6.45) is 0.682. The third-order valence-electron chi connectivity index (χ3n) is 4.29. The van der Waals surface area contributed by atoms with Gasteiger partial charge in [0.2, 0.25) is 0 Å². The SMILES string of the molecule is CCOC(=O)c1sc(CC)c(C#N)c1-c1ccc(-c2ccc(C(C)=O)s2)cc1. The number of hydrogen-bond donors (Lipinski definition) is 0. The van der Waals surface area contributed by atoms with Crippen molar-refractivity contribution in [1.82, 2.24) is 0 Å². The van der Waals surface area contributed by atoms with Gasteiger partial charge in [-0.15, -0.1) is 22.7 Å². The Morgan fingerprint density at radius 1 is 1.04 bits per heavy atom. The molecule has 4 nitrogen and oxygen atoms in total. The number of benzene rings is 1. The minimum absolute atomic E-state index is 0.0518. The molecule has 3 aromatic rings. The van der Waals surface area contributed by atoms with Crippen molar-refractivity contribution in [3.63, 3.8) is 0 Å². The molecule has 0 saturated carbocycles. The third kappa shape index (κ3) is 3.77. The molecule has 0 bridgehead atoms. The molecule has 2 heterocycles. The number of aryl methyl sites for hydroxylation is 1. The van der Waals surface area contributed by atoms with Gasteiger partial charge >= 0.3 is 5.97 Å². The number of hydrogen-bond acceptors (Lipinski definition) is 6. The summed E-state index contributed by atoms with van der Waals surface area (Å²) < 4.78 is 5.20. The highest BCUT2D eigenvalue weighted by Gasteiger charge is 2.24. The Morgan fingerprint density at radius 3 is 2.25 bits per heavy atom. The van der Waals surface area contributed by atoms with Gasteiger partial charge in [-0.1, -0.05) is 31.2 Å². The number of ether oxygens (including phenoxy) is 1. The Balaban J connectivity index is 2.05. The number of carbonyl (C=O) groups is 2. The molecule has 0 unspecified atom stereocenters. The maximum atomic E-state index is 12.4. The average molecular weight is 410 g/mol. The molecule has 0 aliphatic rings. The molecule has 0 radical (unpaired) electrons. The molecule has 0 atom stereocenters. The van der Waals surface area contributed by atoms with Crippen LogP contribution in [-0.2, 0) is 11.2 Å². The van der Waals surface area contributed by atoms with Crippen LogP contribution in [0, 0.1) is 11.3 Å². The molecule has 0 spiro atoms. The Morgan fingerprint density at radius 2 is 1.71 bits per heavy atom. The largest absolute Gasteiger partial charge is 0.462 e. The summed E-state index contributed by atoms with van der Waals surface area (Å²) in [6, 6.07) is 13.7. The molecule has 142 valence electrons. The van der Waals surface area contributed by atoms with E-state index in [9.17, 15) is 14.9 Å². The predicted molar refractivity (Wildman–Crippen MR) is 113 cm³/mol. The minimum Gasteiger partial charge on any atom is -0.462 e. The van der Waals surface area contributed by atoms with Crippen LogP contribution in [0.15, 0.2) is 36.4 Å². The summed E-state index contributed by atoms with van der Waals surface area (Å²) in [7, 11) is 0. The van der Waals surface area contributed by atoms with Crippen LogP contribution >= 0.6 is 22.7 Å². The van der Waals surface area contributed by atoms with E-state index < -0.39 is 5.97 Å². The lowest BCUT2D eigenvalue weighted by Gasteiger charge is -2.06. The Labute approximate surface area is 172 Å². The van der Waals surface area contributed by atoms with Gasteiger partial charge in [0.25, 0.3) is 0 Å². The van der Waals surface area contributed by atoms with Crippen molar-refractivity contribution in [3.8, 4) is 27.6 Å². The van der Waals surface area contributed by atoms with Crippen molar-refractivity contribution >= 4 is 34.4 Å². The standard InChI is InChI=1S/C22H19NO3S2/c1-4-17-16(12-23)20(21(28-17)22(25)26-5-2)15-8-6-14(7-9-15)19-11-10-18(27-19)13(3)24/h6-11H,4-5H2,1-3H3. The Kier molecular flexibility index (Phi) is 6.08. The molecule has 0 saturated heterocycles. The van der Waals surface area contributed by atoms with E-state index in [0.717, 1.165) is 25.8 Å². The van der Waals surface area contributed by atoms with Crippen molar-refractivity contribution in [1.29, 1.82) is 5.26 Å². The van der Waals surface area contributed by atoms with E-state index in [2.05, 4.69) is 6.07 Å². The van der Waals surface area contributed by atoms with Crippen LogP contribution in [-0.4, -0.2) is 18.4 Å². The quantitative estimate of drug-likeness (QED) is 0.372. The fourth-order valence-electron chi connectivity index (χ4n) is 2.94. The van der Waals surface area contributed by atoms with Crippen LogP contribution in [0.25, 0.3) is 21.6 Å². The first-order chi connectivity index (χ1) is 13.5. The maximum absolute atomic E-state index is 12.4. The number of nitrogens with zero attached hydrogens (tertiary/aromatic N) is 1. The molecule has 0 N–H and O–H groups in total. The molecule has 6 heteroatoms. The number of Topliss-reactive ketones (excluding diaryl/α,β-unsaturated/α-hetero) is 1. The van der Waals surface area contributed by atoms with Gasteiger partial charge in [-0.2, -0.15) is 5.26 Å². The number of esters is 1. The normalized spacial score (nSPS) is 10.5. The summed E-state index contributed by atoms with van der Waals surface area (Å²) in [5.41, 5.74) is 2.98. The van der Waals surface area contributed by atoms with Gasteiger partial charge in [-0.05, 0) is 43.5 Å². The topological polar surface area (TPSA) is 67.2 Å². The van der Waals surface area contributed by atoms with Gasteiger partial charge in [0.15, 0.2) is 5.78 Å². The van der Waals surface area contributed by atoms with Gasteiger partial charge in [-0.3, -0.25) is 4.79 Å². The van der Waals surface area contributed by atoms with Crippen LogP contribution < -0.4 is 0 Å². The number of nitriles is 1. The second-order valence-corrected chi connectivity index (χ2v) is 8.28. The number of thiophene rings is 2. The minimum atomic E-state index is -0.396. The van der Waals surface area contributed by atoms with E-state index in [0.29, 0.717) is 22.4 Å². The third-order valence-corrected chi connectivity index (χ3v) is 6.84. The predicted octanol–water partition coefficient (Wildman–Crippen LogP) is 5.96. The zero-order valence-electron chi connectivity index (χ0n) is 15.9. The smallest absolute Gasteiger partial charge is 0.348 e. The van der Waals surface area contributed by atoms with Gasteiger partial charge in [0, 0.05) is 15.3 Å². The lowest BCUT2D eigenvalue weighted by molar-refractivity contribution is 0.0532. The zero-order chi connectivity index (χ0) is 20.3. The van der Waals surface area contributed by atoms with Crippen LogP contribution in [0.4, 0.5) is 0 Å². The first kappa shape index (κ1) is 20.0. The number of rotatable bonds is 6. The van der Waals surface area contributed by atoms with E-state index in [-0.39, 0.29) is 12.4 Å². The summed E-state index contributed by atoms with van der Waals surface area (Å²) in [5, 5.41) is 9.68. The second kappa shape index (κ2) is 8.51. The number of ketones is 1. The summed E-state index contributed by atoms with van der Waals surface area (Å²) >= 11 is 2.78. The lowest BCUT2D eigenvalue weighted by atomic mass is 9.98. The van der Waals surface area contributed by atoms with Crippen LogP contribution in [0.3, 0.4) is 0 Å². The summed E-state index contributed by atoms with van der Waals surface area (Å²) in [5.74, 6) is -0.344. The van der Waals surface area contributed by atoms with Gasteiger partial charge in [0.05, 0.1) is 17.0 Å². The van der Waals surface area contributed by atoms with Crippen LogP contribution in [0.1, 0.15) is 50.6 Å². The van der Waals surface area contributed by atoms with E-state index in [4.69, 9.17) is 4.74 Å². The molecule has 0 aliphatic heterocycles. The van der Waals surface area contributed by atoms with E-state index in [1.807, 2.05) is 43.3 Å².